The van der Waals surface area contributed by atoms with E-state index in [0.29, 0.717) is 29.9 Å². The normalized spacial score (nSPS) is 23.3. The quantitative estimate of drug-likeness (QED) is 0.601. The Kier molecular flexibility index (Phi) is 4.21. The molecule has 1 aromatic heterocycles. The second kappa shape index (κ2) is 5.71. The molecule has 6 nitrogen and oxygen atoms in total. The minimum absolute atomic E-state index is 0.0908. The molecule has 0 radical (unpaired) electrons. The first-order valence-electron chi connectivity index (χ1n) is 5.99. The van der Waals surface area contributed by atoms with Crippen LogP contribution in [0.2, 0.25) is 5.15 Å². The van der Waals surface area contributed by atoms with E-state index < -0.39 is 6.10 Å². The van der Waals surface area contributed by atoms with Gasteiger partial charge in [0, 0.05) is 12.6 Å². The first kappa shape index (κ1) is 14.0. The number of aryl methyl sites for hydroxylation is 1. The first-order chi connectivity index (χ1) is 8.99. The lowest BCUT2D eigenvalue weighted by Crippen LogP contribution is -2.50. The fourth-order valence-corrected chi connectivity index (χ4v) is 2.30. The standard InChI is InChI=1S/C12H16ClN3O3/c1-7-5-16(6-9(19-7)12(17)18-3)11-4-10(13)14-8(2)15-11/h4,7,9H,5-6H2,1-3H3/t7-,9?/m0/s1. The summed E-state index contributed by atoms with van der Waals surface area (Å²) in [7, 11) is 1.35. The molecule has 0 aromatic carbocycles. The zero-order valence-electron chi connectivity index (χ0n) is 11.1. The van der Waals surface area contributed by atoms with E-state index >= 15 is 0 Å². The number of hydrogen-bond donors (Lipinski definition) is 0. The lowest BCUT2D eigenvalue weighted by Gasteiger charge is -2.36. The summed E-state index contributed by atoms with van der Waals surface area (Å²) in [5, 5.41) is 0.385. The zero-order valence-corrected chi connectivity index (χ0v) is 11.8. The van der Waals surface area contributed by atoms with Crippen molar-refractivity contribution in [1.82, 2.24) is 9.97 Å². The number of aromatic nitrogens is 2. The predicted octanol–water partition coefficient (Wildman–Crippen LogP) is 1.21. The van der Waals surface area contributed by atoms with Crippen LogP contribution < -0.4 is 4.90 Å². The predicted molar refractivity (Wildman–Crippen MR) is 70.3 cm³/mol. The third-order valence-corrected chi connectivity index (χ3v) is 3.04. The van der Waals surface area contributed by atoms with Gasteiger partial charge in [0.15, 0.2) is 6.10 Å². The Balaban J connectivity index is 2.21. The van der Waals surface area contributed by atoms with E-state index in [4.69, 9.17) is 21.1 Å². The van der Waals surface area contributed by atoms with Crippen LogP contribution in [0, 0.1) is 6.92 Å². The number of methoxy groups -OCH3 is 1. The van der Waals surface area contributed by atoms with Crippen LogP contribution in [-0.2, 0) is 14.3 Å². The fraction of sp³-hybridized carbons (Fsp3) is 0.583. The van der Waals surface area contributed by atoms with E-state index in [1.807, 2.05) is 11.8 Å². The molecule has 0 saturated carbocycles. The van der Waals surface area contributed by atoms with Crippen molar-refractivity contribution in [3.05, 3.63) is 17.0 Å². The van der Waals surface area contributed by atoms with Crippen molar-refractivity contribution in [2.45, 2.75) is 26.1 Å². The minimum atomic E-state index is -0.609. The molecule has 7 heteroatoms. The summed E-state index contributed by atoms with van der Waals surface area (Å²) >= 11 is 5.93. The lowest BCUT2D eigenvalue weighted by atomic mass is 10.2. The number of halogens is 1. The average Bonchev–Trinajstić information content (AvgIpc) is 2.36. The Bertz CT molecular complexity index is 463. The number of carbonyl (C=O) groups excluding carboxylic acids is 1. The van der Waals surface area contributed by atoms with Crippen LogP contribution in [0.5, 0.6) is 0 Å². The van der Waals surface area contributed by atoms with Crippen LogP contribution in [0.15, 0.2) is 6.07 Å². The fourth-order valence-electron chi connectivity index (χ4n) is 2.08. The van der Waals surface area contributed by atoms with Gasteiger partial charge in [-0.2, -0.15) is 0 Å². The summed E-state index contributed by atoms with van der Waals surface area (Å²) in [4.78, 5) is 21.9. The topological polar surface area (TPSA) is 64.5 Å². The van der Waals surface area contributed by atoms with Gasteiger partial charge in [0.2, 0.25) is 0 Å². The number of anilines is 1. The van der Waals surface area contributed by atoms with Gasteiger partial charge in [-0.25, -0.2) is 14.8 Å². The lowest BCUT2D eigenvalue weighted by molar-refractivity contribution is -0.158. The van der Waals surface area contributed by atoms with Gasteiger partial charge < -0.3 is 14.4 Å². The molecule has 0 amide bonds. The highest BCUT2D eigenvalue weighted by Gasteiger charge is 2.31. The molecule has 1 fully saturated rings. The van der Waals surface area contributed by atoms with Gasteiger partial charge in [0.1, 0.15) is 16.8 Å². The molecule has 1 aliphatic rings. The Morgan fingerprint density at radius 1 is 1.53 bits per heavy atom. The van der Waals surface area contributed by atoms with E-state index in [9.17, 15) is 4.79 Å². The summed E-state index contributed by atoms with van der Waals surface area (Å²) < 4.78 is 10.3. The molecule has 1 unspecified atom stereocenters. The van der Waals surface area contributed by atoms with Crippen molar-refractivity contribution >= 4 is 23.4 Å². The third-order valence-electron chi connectivity index (χ3n) is 2.84. The number of esters is 1. The van der Waals surface area contributed by atoms with Crippen molar-refractivity contribution in [3.8, 4) is 0 Å². The SMILES string of the molecule is COC(=O)C1CN(c2cc(Cl)nc(C)n2)C[C@H](C)O1. The van der Waals surface area contributed by atoms with Crippen LogP contribution in [-0.4, -0.2) is 48.3 Å². The van der Waals surface area contributed by atoms with Gasteiger partial charge in [0.25, 0.3) is 0 Å². The van der Waals surface area contributed by atoms with Gasteiger partial charge in [-0.15, -0.1) is 0 Å². The van der Waals surface area contributed by atoms with E-state index in [0.717, 1.165) is 0 Å². The molecule has 0 bridgehead atoms. The van der Waals surface area contributed by atoms with Crippen LogP contribution in [0.4, 0.5) is 5.82 Å². The maximum Gasteiger partial charge on any atom is 0.336 e. The number of ether oxygens (including phenoxy) is 2. The third kappa shape index (κ3) is 3.33. The molecule has 2 heterocycles. The Labute approximate surface area is 116 Å². The Morgan fingerprint density at radius 3 is 2.89 bits per heavy atom. The smallest absolute Gasteiger partial charge is 0.336 e. The first-order valence-corrected chi connectivity index (χ1v) is 6.37. The zero-order chi connectivity index (χ0) is 14.0. The molecule has 1 saturated heterocycles. The van der Waals surface area contributed by atoms with Crippen LogP contribution in [0.25, 0.3) is 0 Å². The van der Waals surface area contributed by atoms with Gasteiger partial charge in [-0.3, -0.25) is 0 Å². The number of morpholine rings is 1. The van der Waals surface area contributed by atoms with Gasteiger partial charge in [-0.1, -0.05) is 11.6 Å². The highest BCUT2D eigenvalue weighted by atomic mass is 35.5. The van der Waals surface area contributed by atoms with Crippen molar-refractivity contribution in [3.63, 3.8) is 0 Å². The molecule has 19 heavy (non-hydrogen) atoms. The van der Waals surface area contributed by atoms with Crippen LogP contribution in [0.1, 0.15) is 12.7 Å². The summed E-state index contributed by atoms with van der Waals surface area (Å²) in [5.41, 5.74) is 0. The highest BCUT2D eigenvalue weighted by Crippen LogP contribution is 2.21. The van der Waals surface area contributed by atoms with Crippen LogP contribution >= 0.6 is 11.6 Å². The molecule has 0 spiro atoms. The summed E-state index contributed by atoms with van der Waals surface area (Å²) in [5.74, 6) is 0.909. The summed E-state index contributed by atoms with van der Waals surface area (Å²) in [6.45, 7) is 4.71. The maximum absolute atomic E-state index is 11.6. The molecule has 2 atom stereocenters. The van der Waals surface area contributed by atoms with Crippen molar-refractivity contribution in [1.29, 1.82) is 0 Å². The Hall–Kier alpha value is -1.40. The number of nitrogens with zero attached hydrogens (tertiary/aromatic N) is 3. The molecule has 104 valence electrons. The summed E-state index contributed by atoms with van der Waals surface area (Å²) in [6.07, 6.45) is -0.699. The molecule has 0 N–H and O–H groups in total. The second-order valence-corrected chi connectivity index (χ2v) is 4.85. The molecule has 1 aliphatic heterocycles. The van der Waals surface area contributed by atoms with Gasteiger partial charge >= 0.3 is 5.97 Å². The van der Waals surface area contributed by atoms with Crippen molar-refractivity contribution in [2.24, 2.45) is 0 Å². The number of rotatable bonds is 2. The monoisotopic (exact) mass is 285 g/mol. The van der Waals surface area contributed by atoms with Gasteiger partial charge in [0.05, 0.1) is 19.8 Å². The van der Waals surface area contributed by atoms with Crippen LogP contribution in [0.3, 0.4) is 0 Å². The average molecular weight is 286 g/mol. The van der Waals surface area contributed by atoms with Gasteiger partial charge in [-0.05, 0) is 13.8 Å². The molecule has 0 aliphatic carbocycles. The number of carbonyl (C=O) groups is 1. The van der Waals surface area contributed by atoms with E-state index in [1.54, 1.807) is 13.0 Å². The second-order valence-electron chi connectivity index (χ2n) is 4.46. The van der Waals surface area contributed by atoms with E-state index in [-0.39, 0.29) is 12.1 Å². The molecular formula is C12H16ClN3O3. The van der Waals surface area contributed by atoms with E-state index in [1.165, 1.54) is 7.11 Å². The Morgan fingerprint density at radius 2 is 2.26 bits per heavy atom. The van der Waals surface area contributed by atoms with Crippen molar-refractivity contribution < 1.29 is 14.3 Å². The number of hydrogen-bond acceptors (Lipinski definition) is 6. The molecular weight excluding hydrogens is 270 g/mol. The van der Waals surface area contributed by atoms with E-state index in [2.05, 4.69) is 9.97 Å². The highest BCUT2D eigenvalue weighted by molar-refractivity contribution is 6.29. The van der Waals surface area contributed by atoms with Crippen molar-refractivity contribution in [2.75, 3.05) is 25.1 Å². The minimum Gasteiger partial charge on any atom is -0.467 e. The maximum atomic E-state index is 11.6. The molecule has 2 rings (SSSR count). The largest absolute Gasteiger partial charge is 0.467 e. The molecule has 1 aromatic rings. The summed E-state index contributed by atoms with van der Waals surface area (Å²) in [6, 6.07) is 1.68.